The van der Waals surface area contributed by atoms with Gasteiger partial charge >= 0.3 is 0 Å². The Labute approximate surface area is 122 Å². The minimum Gasteiger partial charge on any atom is -0.294 e. The minimum atomic E-state index is -0.324. The zero-order valence-corrected chi connectivity index (χ0v) is 12.9. The first-order valence-electron chi connectivity index (χ1n) is 7.94. The van der Waals surface area contributed by atoms with E-state index in [1.54, 1.807) is 6.07 Å². The predicted octanol–water partition coefficient (Wildman–Crippen LogP) is 5.85. The molecule has 0 aliphatic carbocycles. The van der Waals surface area contributed by atoms with Crippen LogP contribution in [-0.2, 0) is 0 Å². The zero-order valence-electron chi connectivity index (χ0n) is 12.9. The molecule has 1 aromatic carbocycles. The smallest absolute Gasteiger partial charge is 0.163 e. The van der Waals surface area contributed by atoms with Gasteiger partial charge in [-0.3, -0.25) is 4.79 Å². The Morgan fingerprint density at radius 2 is 1.60 bits per heavy atom. The van der Waals surface area contributed by atoms with Gasteiger partial charge < -0.3 is 0 Å². The van der Waals surface area contributed by atoms with Gasteiger partial charge in [0.15, 0.2) is 5.78 Å². The molecule has 0 aliphatic heterocycles. The van der Waals surface area contributed by atoms with Crippen LogP contribution in [0.3, 0.4) is 0 Å². The van der Waals surface area contributed by atoms with E-state index >= 15 is 0 Å². The molecule has 0 radical (unpaired) electrons. The quantitative estimate of drug-likeness (QED) is 0.387. The predicted molar refractivity (Wildman–Crippen MR) is 82.7 cm³/mol. The molecule has 0 spiro atoms. The fraction of sp³-hybridized carbons (Fsp3) is 0.611. The summed E-state index contributed by atoms with van der Waals surface area (Å²) in [7, 11) is 0. The normalized spacial score (nSPS) is 10.8. The number of halogens is 1. The van der Waals surface area contributed by atoms with Gasteiger partial charge in [-0.05, 0) is 31.0 Å². The minimum absolute atomic E-state index is 0.0768. The molecule has 0 aliphatic rings. The lowest BCUT2D eigenvalue weighted by Gasteiger charge is -2.05. The van der Waals surface area contributed by atoms with E-state index in [-0.39, 0.29) is 11.6 Å². The molecule has 1 aromatic rings. The van der Waals surface area contributed by atoms with E-state index in [1.807, 2.05) is 6.92 Å². The number of rotatable bonds is 10. The third-order valence-corrected chi connectivity index (χ3v) is 3.76. The summed E-state index contributed by atoms with van der Waals surface area (Å²) in [5.41, 5.74) is 1.42. The molecule has 0 aromatic heterocycles. The van der Waals surface area contributed by atoms with Gasteiger partial charge in [-0.1, -0.05) is 57.9 Å². The maximum Gasteiger partial charge on any atom is 0.163 e. The highest BCUT2D eigenvalue weighted by molar-refractivity contribution is 5.97. The van der Waals surface area contributed by atoms with Gasteiger partial charge in [0.05, 0.1) is 0 Å². The number of hydrogen-bond acceptors (Lipinski definition) is 1. The molecule has 0 unspecified atom stereocenters. The molecule has 20 heavy (non-hydrogen) atoms. The Kier molecular flexibility index (Phi) is 8.17. The standard InChI is InChI=1S/C18H27FO/c1-3-4-5-6-7-8-9-10-11-18(20)17-14-16(19)13-12-15(17)2/h12-14H,3-11H2,1-2H3. The maximum atomic E-state index is 13.1. The second-order valence-corrected chi connectivity index (χ2v) is 5.61. The second kappa shape index (κ2) is 9.68. The third kappa shape index (κ3) is 6.31. The van der Waals surface area contributed by atoms with Crippen LogP contribution in [-0.4, -0.2) is 5.78 Å². The molecule has 112 valence electrons. The largest absolute Gasteiger partial charge is 0.294 e. The third-order valence-electron chi connectivity index (χ3n) is 3.76. The molecule has 0 atom stereocenters. The van der Waals surface area contributed by atoms with Crippen LogP contribution >= 0.6 is 0 Å². The van der Waals surface area contributed by atoms with E-state index < -0.39 is 0 Å². The first-order chi connectivity index (χ1) is 9.65. The Balaban J connectivity index is 2.18. The number of ketones is 1. The number of carbonyl (C=O) groups is 1. The highest BCUT2D eigenvalue weighted by Crippen LogP contribution is 2.15. The Morgan fingerprint density at radius 1 is 1.00 bits per heavy atom. The van der Waals surface area contributed by atoms with Crippen molar-refractivity contribution >= 4 is 5.78 Å². The van der Waals surface area contributed by atoms with Crippen LogP contribution in [0.5, 0.6) is 0 Å². The van der Waals surface area contributed by atoms with Gasteiger partial charge in [-0.2, -0.15) is 0 Å². The molecule has 2 heteroatoms. The summed E-state index contributed by atoms with van der Waals surface area (Å²) in [4.78, 5) is 12.0. The SMILES string of the molecule is CCCCCCCCCCC(=O)c1cc(F)ccc1C. The van der Waals surface area contributed by atoms with Gasteiger partial charge in [0, 0.05) is 12.0 Å². The van der Waals surface area contributed by atoms with Crippen molar-refractivity contribution in [3.8, 4) is 0 Å². The number of hydrogen-bond donors (Lipinski definition) is 0. The second-order valence-electron chi connectivity index (χ2n) is 5.61. The van der Waals surface area contributed by atoms with Crippen molar-refractivity contribution in [3.05, 3.63) is 35.1 Å². The van der Waals surface area contributed by atoms with Crippen molar-refractivity contribution < 1.29 is 9.18 Å². The molecule has 1 nitrogen and oxygen atoms in total. The van der Waals surface area contributed by atoms with Gasteiger partial charge in [0.1, 0.15) is 5.82 Å². The molecular weight excluding hydrogens is 251 g/mol. The monoisotopic (exact) mass is 278 g/mol. The van der Waals surface area contributed by atoms with Crippen molar-refractivity contribution in [3.63, 3.8) is 0 Å². The molecular formula is C18H27FO. The fourth-order valence-electron chi connectivity index (χ4n) is 2.45. The molecule has 0 saturated heterocycles. The van der Waals surface area contributed by atoms with Crippen molar-refractivity contribution in [2.24, 2.45) is 0 Å². The topological polar surface area (TPSA) is 17.1 Å². The van der Waals surface area contributed by atoms with E-state index in [2.05, 4.69) is 6.92 Å². The van der Waals surface area contributed by atoms with Crippen molar-refractivity contribution in [1.82, 2.24) is 0 Å². The lowest BCUT2D eigenvalue weighted by molar-refractivity contribution is 0.0978. The van der Waals surface area contributed by atoms with E-state index in [1.165, 1.54) is 50.7 Å². The number of aryl methyl sites for hydroxylation is 1. The van der Waals surface area contributed by atoms with E-state index in [0.717, 1.165) is 18.4 Å². The van der Waals surface area contributed by atoms with Gasteiger partial charge in [0.2, 0.25) is 0 Å². The van der Waals surface area contributed by atoms with Crippen molar-refractivity contribution in [2.75, 3.05) is 0 Å². The summed E-state index contributed by atoms with van der Waals surface area (Å²) in [6.45, 7) is 4.08. The first kappa shape index (κ1) is 16.9. The van der Waals surface area contributed by atoms with E-state index in [9.17, 15) is 9.18 Å². The van der Waals surface area contributed by atoms with Crippen molar-refractivity contribution in [1.29, 1.82) is 0 Å². The average molecular weight is 278 g/mol. The summed E-state index contributed by atoms with van der Waals surface area (Å²) in [6, 6.07) is 4.45. The maximum absolute atomic E-state index is 13.1. The Hall–Kier alpha value is -1.18. The van der Waals surface area contributed by atoms with Crippen LogP contribution in [0.15, 0.2) is 18.2 Å². The Morgan fingerprint density at radius 3 is 2.25 bits per heavy atom. The van der Waals surface area contributed by atoms with Gasteiger partial charge in [0.25, 0.3) is 0 Å². The summed E-state index contributed by atoms with van der Waals surface area (Å²) in [5.74, 6) is -0.247. The summed E-state index contributed by atoms with van der Waals surface area (Å²) in [5, 5.41) is 0. The van der Waals surface area contributed by atoms with Crippen LogP contribution < -0.4 is 0 Å². The van der Waals surface area contributed by atoms with Crippen LogP contribution in [0.1, 0.15) is 80.6 Å². The zero-order chi connectivity index (χ0) is 14.8. The van der Waals surface area contributed by atoms with Crippen LogP contribution in [0.25, 0.3) is 0 Å². The highest BCUT2D eigenvalue weighted by Gasteiger charge is 2.09. The molecule has 0 heterocycles. The molecule has 0 amide bonds. The molecule has 0 bridgehead atoms. The fourth-order valence-corrected chi connectivity index (χ4v) is 2.45. The molecule has 0 saturated carbocycles. The number of Topliss-reactive ketones (excluding diaryl/α,β-unsaturated/α-hetero) is 1. The Bertz CT molecular complexity index is 412. The lowest BCUT2D eigenvalue weighted by Crippen LogP contribution is -2.02. The molecule has 0 N–H and O–H groups in total. The van der Waals surface area contributed by atoms with Gasteiger partial charge in [-0.25, -0.2) is 4.39 Å². The molecule has 1 rings (SSSR count). The van der Waals surface area contributed by atoms with Crippen molar-refractivity contribution in [2.45, 2.75) is 71.6 Å². The lowest BCUT2D eigenvalue weighted by atomic mass is 9.99. The number of unbranched alkanes of at least 4 members (excludes halogenated alkanes) is 7. The van der Waals surface area contributed by atoms with E-state index in [0.29, 0.717) is 12.0 Å². The highest BCUT2D eigenvalue weighted by atomic mass is 19.1. The summed E-state index contributed by atoms with van der Waals surface area (Å²) >= 11 is 0. The van der Waals surface area contributed by atoms with Crippen LogP contribution in [0.2, 0.25) is 0 Å². The average Bonchev–Trinajstić information content (AvgIpc) is 2.44. The van der Waals surface area contributed by atoms with Gasteiger partial charge in [-0.15, -0.1) is 0 Å². The molecule has 0 fully saturated rings. The summed E-state index contributed by atoms with van der Waals surface area (Å²) < 4.78 is 13.1. The number of benzene rings is 1. The summed E-state index contributed by atoms with van der Waals surface area (Å²) in [6.07, 6.45) is 10.3. The van der Waals surface area contributed by atoms with Crippen LogP contribution in [0, 0.1) is 12.7 Å². The number of carbonyl (C=O) groups excluding carboxylic acids is 1. The van der Waals surface area contributed by atoms with E-state index in [4.69, 9.17) is 0 Å². The first-order valence-corrected chi connectivity index (χ1v) is 7.94. The van der Waals surface area contributed by atoms with Crippen LogP contribution in [0.4, 0.5) is 4.39 Å².